The van der Waals surface area contributed by atoms with Crippen molar-refractivity contribution in [3.63, 3.8) is 0 Å². The van der Waals surface area contributed by atoms with Crippen LogP contribution < -0.4 is 10.0 Å². The number of carboxylic acid groups (broad SMARTS) is 1. The summed E-state index contributed by atoms with van der Waals surface area (Å²) in [5, 5.41) is 11.5. The number of nitrogens with one attached hydrogen (secondary N) is 2. The maximum absolute atomic E-state index is 12.6. The van der Waals surface area contributed by atoms with Gasteiger partial charge in [-0.3, -0.25) is 9.78 Å². The fraction of sp³-hybridized carbons (Fsp3) is 0. The lowest BCUT2D eigenvalue weighted by Gasteiger charge is -2.11. The number of hydrogen-bond acceptors (Lipinski definition) is 5. The highest BCUT2D eigenvalue weighted by atomic mass is 35.5. The van der Waals surface area contributed by atoms with Gasteiger partial charge in [0, 0.05) is 17.4 Å². The number of amides is 2. The summed E-state index contributed by atoms with van der Waals surface area (Å²) in [6, 6.07) is 13.4. The molecule has 0 aliphatic carbocycles. The Morgan fingerprint density at radius 1 is 0.967 bits per heavy atom. The first kappa shape index (κ1) is 21.6. The molecule has 1 aromatic heterocycles. The zero-order chi connectivity index (χ0) is 21.9. The fourth-order valence-corrected chi connectivity index (χ4v) is 3.95. The summed E-state index contributed by atoms with van der Waals surface area (Å²) in [5.74, 6) is -0.593. The molecule has 0 unspecified atom stereocenters. The molecule has 2 amide bonds. The Labute approximate surface area is 181 Å². The second kappa shape index (κ2) is 8.70. The molecule has 154 valence electrons. The van der Waals surface area contributed by atoms with Crippen LogP contribution in [0.4, 0.5) is 10.5 Å². The molecule has 0 radical (unpaired) electrons. The highest BCUT2D eigenvalue weighted by molar-refractivity contribution is 7.90. The number of halogens is 2. The molecule has 3 rings (SSSR count). The number of aromatic nitrogens is 1. The maximum atomic E-state index is 12.6. The summed E-state index contributed by atoms with van der Waals surface area (Å²) in [5.41, 5.74) is 1.66. The third-order valence-corrected chi connectivity index (χ3v) is 5.84. The standard InChI is InChI=1S/C19H13Cl2N3O5S/c20-15-7-4-11(9-14(15)17-3-1-2-8-22-17)23-18(25)13-6-5-12(10-16(13)21)30(28,29)24-19(26)27/h1-10,24H,(H,23,25)(H,26,27). The molecular weight excluding hydrogens is 453 g/mol. The Kier molecular flexibility index (Phi) is 6.25. The SMILES string of the molecule is O=C(O)NS(=O)(=O)c1ccc(C(=O)Nc2ccc(Cl)c(-c3ccccn3)c2)c(Cl)c1. The van der Waals surface area contributed by atoms with Crippen LogP contribution in [0, 0.1) is 0 Å². The predicted molar refractivity (Wildman–Crippen MR) is 112 cm³/mol. The summed E-state index contributed by atoms with van der Waals surface area (Å²) in [4.78, 5) is 27.0. The van der Waals surface area contributed by atoms with E-state index in [2.05, 4.69) is 10.3 Å². The molecule has 3 aromatic rings. The zero-order valence-electron chi connectivity index (χ0n) is 15.0. The zero-order valence-corrected chi connectivity index (χ0v) is 17.3. The van der Waals surface area contributed by atoms with Crippen LogP contribution in [0.25, 0.3) is 11.3 Å². The van der Waals surface area contributed by atoms with Crippen LogP contribution in [0.2, 0.25) is 10.0 Å². The van der Waals surface area contributed by atoms with Crippen molar-refractivity contribution in [3.8, 4) is 11.3 Å². The van der Waals surface area contributed by atoms with Gasteiger partial charge in [-0.15, -0.1) is 0 Å². The van der Waals surface area contributed by atoms with Crippen molar-refractivity contribution in [1.29, 1.82) is 0 Å². The quantitative estimate of drug-likeness (QED) is 0.516. The van der Waals surface area contributed by atoms with Gasteiger partial charge < -0.3 is 10.4 Å². The number of rotatable bonds is 5. The van der Waals surface area contributed by atoms with Crippen LogP contribution in [0.15, 0.2) is 65.7 Å². The van der Waals surface area contributed by atoms with Gasteiger partial charge in [0.15, 0.2) is 0 Å². The van der Waals surface area contributed by atoms with E-state index in [-0.39, 0.29) is 10.6 Å². The van der Waals surface area contributed by atoms with Gasteiger partial charge in [-0.25, -0.2) is 17.9 Å². The Hall–Kier alpha value is -3.14. The number of nitrogens with zero attached hydrogens (tertiary/aromatic N) is 1. The summed E-state index contributed by atoms with van der Waals surface area (Å²) in [7, 11) is -4.31. The molecule has 0 spiro atoms. The van der Waals surface area contributed by atoms with Gasteiger partial charge in [0.25, 0.3) is 15.9 Å². The van der Waals surface area contributed by atoms with Crippen LogP contribution in [0.1, 0.15) is 10.4 Å². The van der Waals surface area contributed by atoms with Crippen molar-refractivity contribution in [2.45, 2.75) is 4.90 Å². The molecule has 30 heavy (non-hydrogen) atoms. The molecule has 0 fully saturated rings. The molecule has 8 nitrogen and oxygen atoms in total. The highest BCUT2D eigenvalue weighted by Crippen LogP contribution is 2.30. The topological polar surface area (TPSA) is 125 Å². The van der Waals surface area contributed by atoms with E-state index in [1.54, 1.807) is 42.6 Å². The fourth-order valence-electron chi connectivity index (χ4n) is 2.54. The minimum Gasteiger partial charge on any atom is -0.464 e. The Morgan fingerprint density at radius 2 is 1.73 bits per heavy atom. The van der Waals surface area contributed by atoms with Gasteiger partial charge in [0.1, 0.15) is 0 Å². The number of pyridine rings is 1. The van der Waals surface area contributed by atoms with E-state index in [4.69, 9.17) is 28.3 Å². The van der Waals surface area contributed by atoms with Crippen LogP contribution >= 0.6 is 23.2 Å². The van der Waals surface area contributed by atoms with Gasteiger partial charge in [0.2, 0.25) is 0 Å². The number of anilines is 1. The number of carbonyl (C=O) groups is 2. The lowest BCUT2D eigenvalue weighted by Crippen LogP contribution is -2.28. The summed E-state index contributed by atoms with van der Waals surface area (Å²) < 4.78 is 25.2. The predicted octanol–water partition coefficient (Wildman–Crippen LogP) is 4.26. The third kappa shape index (κ3) is 4.88. The minimum atomic E-state index is -4.31. The van der Waals surface area contributed by atoms with E-state index in [9.17, 15) is 18.0 Å². The average molecular weight is 466 g/mol. The second-order valence-corrected chi connectivity index (χ2v) is 8.41. The monoisotopic (exact) mass is 465 g/mol. The van der Waals surface area contributed by atoms with Crippen molar-refractivity contribution >= 4 is 50.9 Å². The molecule has 0 aliphatic rings. The molecule has 11 heteroatoms. The molecule has 2 aromatic carbocycles. The van der Waals surface area contributed by atoms with Gasteiger partial charge in [-0.2, -0.15) is 0 Å². The van der Waals surface area contributed by atoms with Gasteiger partial charge in [-0.05, 0) is 48.5 Å². The van der Waals surface area contributed by atoms with Crippen LogP contribution in [-0.4, -0.2) is 30.5 Å². The summed E-state index contributed by atoms with van der Waals surface area (Å²) >= 11 is 12.3. The Morgan fingerprint density at radius 3 is 2.37 bits per heavy atom. The van der Waals surface area contributed by atoms with Crippen LogP contribution in [0.3, 0.4) is 0 Å². The smallest absolute Gasteiger partial charge is 0.418 e. The van der Waals surface area contributed by atoms with Crippen LogP contribution in [-0.2, 0) is 10.0 Å². The van der Waals surface area contributed by atoms with Crippen molar-refractivity contribution < 1.29 is 23.1 Å². The Bertz CT molecular complexity index is 1230. The van der Waals surface area contributed by atoms with E-state index in [0.29, 0.717) is 22.0 Å². The number of sulfonamides is 1. The molecule has 0 atom stereocenters. The average Bonchev–Trinajstić information content (AvgIpc) is 2.69. The highest BCUT2D eigenvalue weighted by Gasteiger charge is 2.20. The van der Waals surface area contributed by atoms with Gasteiger partial charge >= 0.3 is 6.09 Å². The minimum absolute atomic E-state index is 0.000257. The molecule has 0 saturated carbocycles. The van der Waals surface area contributed by atoms with Crippen LogP contribution in [0.5, 0.6) is 0 Å². The third-order valence-electron chi connectivity index (χ3n) is 3.88. The van der Waals surface area contributed by atoms with Crippen molar-refractivity contribution in [1.82, 2.24) is 9.71 Å². The van der Waals surface area contributed by atoms with Gasteiger partial charge in [0.05, 0.1) is 26.2 Å². The number of benzene rings is 2. The first-order chi connectivity index (χ1) is 14.2. The Balaban J connectivity index is 1.86. The van der Waals surface area contributed by atoms with Gasteiger partial charge in [-0.1, -0.05) is 29.3 Å². The lowest BCUT2D eigenvalue weighted by molar-refractivity contribution is 0.102. The van der Waals surface area contributed by atoms with Crippen molar-refractivity contribution in [2.24, 2.45) is 0 Å². The van der Waals surface area contributed by atoms with E-state index in [1.165, 1.54) is 10.8 Å². The largest absolute Gasteiger partial charge is 0.464 e. The second-order valence-electron chi connectivity index (χ2n) is 5.92. The van der Waals surface area contributed by atoms with E-state index >= 15 is 0 Å². The first-order valence-corrected chi connectivity index (χ1v) is 10.5. The molecule has 0 bridgehead atoms. The van der Waals surface area contributed by atoms with Crippen molar-refractivity contribution in [3.05, 3.63) is 76.4 Å². The number of carbonyl (C=O) groups excluding carboxylic acids is 1. The normalized spacial score (nSPS) is 11.0. The molecular formula is C19H13Cl2N3O5S. The number of hydrogen-bond donors (Lipinski definition) is 3. The van der Waals surface area contributed by atoms with E-state index in [1.807, 2.05) is 0 Å². The summed E-state index contributed by atoms with van der Waals surface area (Å²) in [6.07, 6.45) is -0.120. The molecule has 1 heterocycles. The van der Waals surface area contributed by atoms with Crippen molar-refractivity contribution in [2.75, 3.05) is 5.32 Å². The van der Waals surface area contributed by atoms with E-state index in [0.717, 1.165) is 12.1 Å². The summed E-state index contributed by atoms with van der Waals surface area (Å²) in [6.45, 7) is 0. The molecule has 3 N–H and O–H groups in total. The lowest BCUT2D eigenvalue weighted by atomic mass is 10.1. The van der Waals surface area contributed by atoms with E-state index < -0.39 is 26.9 Å². The molecule has 0 aliphatic heterocycles. The molecule has 0 saturated heterocycles. The first-order valence-electron chi connectivity index (χ1n) is 8.25. The maximum Gasteiger partial charge on any atom is 0.418 e.